The van der Waals surface area contributed by atoms with Gasteiger partial charge in [-0.2, -0.15) is 11.3 Å². The Kier molecular flexibility index (Phi) is 3.81. The minimum Gasteiger partial charge on any atom is -0.313 e. The van der Waals surface area contributed by atoms with Gasteiger partial charge in [-0.25, -0.2) is 4.39 Å². The Morgan fingerprint density at radius 3 is 2.60 bits per heavy atom. The summed E-state index contributed by atoms with van der Waals surface area (Å²) in [5.41, 5.74) is 2.46. The van der Waals surface area contributed by atoms with Crippen LogP contribution in [-0.2, 0) is 6.42 Å². The van der Waals surface area contributed by atoms with E-state index < -0.39 is 0 Å². The van der Waals surface area contributed by atoms with Crippen LogP contribution >= 0.6 is 11.3 Å². The van der Waals surface area contributed by atoms with Crippen molar-refractivity contribution in [2.45, 2.75) is 12.5 Å². The number of rotatable bonds is 4. The highest BCUT2D eigenvalue weighted by molar-refractivity contribution is 7.07. The molecule has 0 spiro atoms. The molecular weight excluding hydrogens is 269 g/mol. The molecule has 0 radical (unpaired) electrons. The van der Waals surface area contributed by atoms with Gasteiger partial charge in [0.2, 0.25) is 0 Å². The largest absolute Gasteiger partial charge is 0.313 e. The van der Waals surface area contributed by atoms with Gasteiger partial charge in [0.25, 0.3) is 0 Å². The summed E-state index contributed by atoms with van der Waals surface area (Å²) < 4.78 is 13.9. The molecule has 0 fully saturated rings. The fourth-order valence-corrected chi connectivity index (χ4v) is 3.28. The van der Waals surface area contributed by atoms with Crippen molar-refractivity contribution in [2.75, 3.05) is 7.05 Å². The van der Waals surface area contributed by atoms with Gasteiger partial charge in [-0.1, -0.05) is 30.3 Å². The molecule has 0 saturated carbocycles. The molecule has 1 atom stereocenters. The van der Waals surface area contributed by atoms with E-state index in [4.69, 9.17) is 0 Å². The van der Waals surface area contributed by atoms with Crippen LogP contribution in [0.25, 0.3) is 10.8 Å². The lowest BCUT2D eigenvalue weighted by atomic mass is 9.95. The van der Waals surface area contributed by atoms with Crippen LogP contribution in [0.1, 0.15) is 17.2 Å². The van der Waals surface area contributed by atoms with E-state index in [0.29, 0.717) is 5.39 Å². The van der Waals surface area contributed by atoms with Crippen molar-refractivity contribution in [1.29, 1.82) is 0 Å². The first-order chi connectivity index (χ1) is 9.79. The summed E-state index contributed by atoms with van der Waals surface area (Å²) in [6.45, 7) is 0. The van der Waals surface area contributed by atoms with Crippen molar-refractivity contribution >= 4 is 22.1 Å². The summed E-state index contributed by atoms with van der Waals surface area (Å²) in [7, 11) is 1.95. The minimum absolute atomic E-state index is 0.158. The van der Waals surface area contributed by atoms with Crippen molar-refractivity contribution in [2.24, 2.45) is 0 Å². The van der Waals surface area contributed by atoms with Crippen LogP contribution in [0.2, 0.25) is 0 Å². The maximum atomic E-state index is 13.9. The number of hydrogen-bond acceptors (Lipinski definition) is 2. The standard InChI is InChI=1S/C17H16FNS/c1-19-17(10-12-8-9-20-11-12)15-6-7-16(18)14-5-3-2-4-13(14)15/h2-9,11,17,19H,10H2,1H3. The van der Waals surface area contributed by atoms with Crippen LogP contribution in [-0.4, -0.2) is 7.05 Å². The molecule has 0 aliphatic rings. The Bertz CT molecular complexity index is 706. The first kappa shape index (κ1) is 13.3. The van der Waals surface area contributed by atoms with Gasteiger partial charge in [0.05, 0.1) is 0 Å². The lowest BCUT2D eigenvalue weighted by Crippen LogP contribution is -2.19. The second-order valence-corrected chi connectivity index (χ2v) is 5.64. The first-order valence-corrected chi connectivity index (χ1v) is 7.59. The summed E-state index contributed by atoms with van der Waals surface area (Å²) >= 11 is 1.71. The molecule has 0 bridgehead atoms. The highest BCUT2D eigenvalue weighted by Gasteiger charge is 2.15. The Balaban J connectivity index is 2.05. The molecule has 1 unspecified atom stereocenters. The van der Waals surface area contributed by atoms with E-state index in [1.165, 1.54) is 5.56 Å². The second-order valence-electron chi connectivity index (χ2n) is 4.86. The fraction of sp³-hybridized carbons (Fsp3) is 0.176. The molecule has 1 N–H and O–H groups in total. The Morgan fingerprint density at radius 2 is 1.90 bits per heavy atom. The third kappa shape index (κ3) is 2.47. The molecule has 3 aromatic rings. The average Bonchev–Trinajstić information content (AvgIpc) is 2.99. The Hall–Kier alpha value is -1.71. The molecule has 3 rings (SSSR count). The molecule has 0 amide bonds. The van der Waals surface area contributed by atoms with E-state index >= 15 is 0 Å². The number of halogens is 1. The van der Waals surface area contributed by atoms with Crippen LogP contribution in [0.5, 0.6) is 0 Å². The molecule has 2 aromatic carbocycles. The molecular formula is C17H16FNS. The van der Waals surface area contributed by atoms with Crippen LogP contribution in [0.4, 0.5) is 4.39 Å². The average molecular weight is 285 g/mol. The highest BCUT2D eigenvalue weighted by Crippen LogP contribution is 2.28. The van der Waals surface area contributed by atoms with E-state index in [-0.39, 0.29) is 11.9 Å². The minimum atomic E-state index is -0.158. The lowest BCUT2D eigenvalue weighted by molar-refractivity contribution is 0.594. The number of nitrogens with one attached hydrogen (secondary N) is 1. The van der Waals surface area contributed by atoms with Crippen LogP contribution < -0.4 is 5.32 Å². The molecule has 0 aliphatic carbocycles. The summed E-state index contributed by atoms with van der Waals surface area (Å²) in [5, 5.41) is 9.28. The molecule has 3 heteroatoms. The Labute approximate surface area is 122 Å². The van der Waals surface area contributed by atoms with Gasteiger partial charge < -0.3 is 5.32 Å². The Morgan fingerprint density at radius 1 is 1.10 bits per heavy atom. The summed E-state index contributed by atoms with van der Waals surface area (Å²) in [4.78, 5) is 0. The smallest absolute Gasteiger partial charge is 0.131 e. The van der Waals surface area contributed by atoms with Gasteiger partial charge in [0.1, 0.15) is 5.82 Å². The number of thiophene rings is 1. The summed E-state index contributed by atoms with van der Waals surface area (Å²) in [6.07, 6.45) is 0.912. The number of likely N-dealkylation sites (N-methyl/N-ethyl adjacent to an activating group) is 1. The zero-order valence-electron chi connectivity index (χ0n) is 11.3. The van der Waals surface area contributed by atoms with E-state index in [2.05, 4.69) is 22.1 Å². The van der Waals surface area contributed by atoms with E-state index in [0.717, 1.165) is 17.4 Å². The summed E-state index contributed by atoms with van der Waals surface area (Å²) in [5.74, 6) is -0.158. The number of hydrogen-bond donors (Lipinski definition) is 1. The van der Waals surface area contributed by atoms with Gasteiger partial charge >= 0.3 is 0 Å². The monoisotopic (exact) mass is 285 g/mol. The van der Waals surface area contributed by atoms with E-state index in [1.807, 2.05) is 37.4 Å². The predicted octanol–water partition coefficient (Wildman–Crippen LogP) is 4.54. The fourth-order valence-electron chi connectivity index (χ4n) is 2.60. The third-order valence-corrected chi connectivity index (χ3v) is 4.38. The molecule has 0 saturated heterocycles. The SMILES string of the molecule is CNC(Cc1ccsc1)c1ccc(F)c2ccccc12. The maximum Gasteiger partial charge on any atom is 0.131 e. The van der Waals surface area contributed by atoms with Crippen molar-refractivity contribution in [3.63, 3.8) is 0 Å². The molecule has 20 heavy (non-hydrogen) atoms. The van der Waals surface area contributed by atoms with Crippen molar-refractivity contribution in [1.82, 2.24) is 5.32 Å². The highest BCUT2D eigenvalue weighted by atomic mass is 32.1. The molecule has 1 aromatic heterocycles. The number of benzene rings is 2. The van der Waals surface area contributed by atoms with Gasteiger partial charge in [-0.3, -0.25) is 0 Å². The quantitative estimate of drug-likeness (QED) is 0.742. The van der Waals surface area contributed by atoms with Crippen LogP contribution in [0.3, 0.4) is 0 Å². The van der Waals surface area contributed by atoms with Crippen LogP contribution in [0.15, 0.2) is 53.2 Å². The van der Waals surface area contributed by atoms with Gasteiger partial charge in [0.15, 0.2) is 0 Å². The van der Waals surface area contributed by atoms with Crippen LogP contribution in [0, 0.1) is 5.82 Å². The van der Waals surface area contributed by atoms with Crippen molar-refractivity contribution in [3.05, 3.63) is 70.2 Å². The van der Waals surface area contributed by atoms with Gasteiger partial charge in [-0.15, -0.1) is 0 Å². The van der Waals surface area contributed by atoms with E-state index in [1.54, 1.807) is 17.4 Å². The topological polar surface area (TPSA) is 12.0 Å². The van der Waals surface area contributed by atoms with Gasteiger partial charge in [-0.05, 0) is 52.9 Å². The number of fused-ring (bicyclic) bond motifs is 1. The molecule has 1 heterocycles. The predicted molar refractivity (Wildman–Crippen MR) is 83.7 cm³/mol. The maximum absolute atomic E-state index is 13.9. The molecule has 1 nitrogen and oxygen atoms in total. The second kappa shape index (κ2) is 5.73. The zero-order chi connectivity index (χ0) is 13.9. The lowest BCUT2D eigenvalue weighted by Gasteiger charge is -2.18. The zero-order valence-corrected chi connectivity index (χ0v) is 12.1. The van der Waals surface area contributed by atoms with Crippen molar-refractivity contribution in [3.8, 4) is 0 Å². The van der Waals surface area contributed by atoms with E-state index in [9.17, 15) is 4.39 Å². The summed E-state index contributed by atoms with van der Waals surface area (Å²) in [6, 6.07) is 13.5. The first-order valence-electron chi connectivity index (χ1n) is 6.65. The van der Waals surface area contributed by atoms with Crippen molar-refractivity contribution < 1.29 is 4.39 Å². The third-order valence-electron chi connectivity index (χ3n) is 3.65. The van der Waals surface area contributed by atoms with Gasteiger partial charge in [0, 0.05) is 11.4 Å². The molecule has 102 valence electrons. The molecule has 0 aliphatic heterocycles. The normalized spacial score (nSPS) is 12.7.